The molecule has 4 aliphatic rings. The molecule has 0 aliphatic carbocycles. The predicted octanol–water partition coefficient (Wildman–Crippen LogP) is 3.48. The maximum absolute atomic E-state index is 12.8. The molecule has 2 bridgehead atoms. The van der Waals surface area contributed by atoms with Gasteiger partial charge in [-0.2, -0.15) is 5.26 Å². The van der Waals surface area contributed by atoms with Crippen LogP contribution < -0.4 is 10.1 Å². The number of rotatable bonds is 8. The summed E-state index contributed by atoms with van der Waals surface area (Å²) in [5.41, 5.74) is 3.99. The molecule has 43 heavy (non-hydrogen) atoms. The second-order valence-electron chi connectivity index (χ2n) is 11.4. The summed E-state index contributed by atoms with van der Waals surface area (Å²) >= 11 is 0. The first-order chi connectivity index (χ1) is 20.7. The quantitative estimate of drug-likeness (QED) is 0.341. The molecule has 5 atom stereocenters. The molecule has 1 aromatic rings. The lowest BCUT2D eigenvalue weighted by Gasteiger charge is -2.60. The van der Waals surface area contributed by atoms with Crippen LogP contribution >= 0.6 is 0 Å². The van der Waals surface area contributed by atoms with Crippen molar-refractivity contribution in [3.8, 4) is 17.6 Å². The third kappa shape index (κ3) is 5.23. The first-order valence-electron chi connectivity index (χ1n) is 14.7. The van der Waals surface area contributed by atoms with Gasteiger partial charge < -0.3 is 29.4 Å². The third-order valence-electron chi connectivity index (χ3n) is 8.97. The highest BCUT2D eigenvalue weighted by atomic mass is 16.7. The lowest BCUT2D eigenvalue weighted by atomic mass is 9.71. The number of piperazine rings is 1. The number of phenolic OH excluding ortho intramolecular Hbond substituents is 1. The standard InChI is InChI=1S/C32H40N4O7/c1-7-9-27(38)34-14-24-29(26-15-41-16-42-26)20(25(8-2)43-18(4)37)12-22-30-28-19(10-17(3)32(40-6)31(28)39)11-21(35(30)5)23(13-33)36(22)24/h8,10,15,21-24,30,39H,7,9,11-12,14,16H2,1-6H3,(H,34,38)/b25-8-/t21-,22?,23+,24+,30+/m1/s1. The summed E-state index contributed by atoms with van der Waals surface area (Å²) in [6, 6.07) is 2.69. The van der Waals surface area contributed by atoms with Crippen molar-refractivity contribution in [3.05, 3.63) is 57.8 Å². The molecule has 230 valence electrons. The van der Waals surface area contributed by atoms with Crippen LogP contribution in [0, 0.1) is 18.3 Å². The Morgan fingerprint density at radius 1 is 1.30 bits per heavy atom. The van der Waals surface area contributed by atoms with Crippen LogP contribution in [0.4, 0.5) is 0 Å². The molecule has 1 fully saturated rings. The normalized spacial score (nSPS) is 26.8. The second-order valence-corrected chi connectivity index (χ2v) is 11.4. The molecule has 4 heterocycles. The van der Waals surface area contributed by atoms with E-state index in [-0.39, 0.29) is 43.1 Å². The molecule has 0 saturated carbocycles. The van der Waals surface area contributed by atoms with Crippen molar-refractivity contribution < 1.29 is 33.6 Å². The molecule has 5 rings (SSSR count). The Hall–Kier alpha value is -4.01. The zero-order valence-electron chi connectivity index (χ0n) is 25.6. The molecule has 11 heteroatoms. The van der Waals surface area contributed by atoms with Gasteiger partial charge >= 0.3 is 5.97 Å². The number of hydrogen-bond acceptors (Lipinski definition) is 10. The zero-order valence-corrected chi connectivity index (χ0v) is 25.6. The third-order valence-corrected chi connectivity index (χ3v) is 8.97. The number of phenols is 1. The van der Waals surface area contributed by atoms with E-state index in [1.165, 1.54) is 13.2 Å². The van der Waals surface area contributed by atoms with Crippen LogP contribution in [-0.4, -0.2) is 78.4 Å². The van der Waals surface area contributed by atoms with Crippen LogP contribution in [0.15, 0.2) is 41.1 Å². The number of ether oxygens (including phenoxy) is 4. The monoisotopic (exact) mass is 592 g/mol. The van der Waals surface area contributed by atoms with Gasteiger partial charge in [-0.3, -0.25) is 19.4 Å². The van der Waals surface area contributed by atoms with Gasteiger partial charge in [0, 0.05) is 48.7 Å². The lowest BCUT2D eigenvalue weighted by molar-refractivity contribution is -0.136. The zero-order chi connectivity index (χ0) is 31.0. The number of nitriles is 1. The molecule has 0 spiro atoms. The second kappa shape index (κ2) is 12.3. The number of methoxy groups -OCH3 is 1. The minimum Gasteiger partial charge on any atom is -0.504 e. The molecule has 0 aromatic heterocycles. The van der Waals surface area contributed by atoms with E-state index in [2.05, 4.69) is 21.2 Å². The number of likely N-dealkylation sites (N-methyl/N-ethyl adjacent to an activating group) is 1. The fourth-order valence-electron chi connectivity index (χ4n) is 7.34. The summed E-state index contributed by atoms with van der Waals surface area (Å²) in [7, 11) is 3.53. The van der Waals surface area contributed by atoms with Crippen LogP contribution in [0.25, 0.3) is 0 Å². The van der Waals surface area contributed by atoms with Crippen molar-refractivity contribution in [3.63, 3.8) is 0 Å². The van der Waals surface area contributed by atoms with E-state index in [1.54, 1.807) is 20.1 Å². The topological polar surface area (TPSA) is 134 Å². The first-order valence-corrected chi connectivity index (χ1v) is 14.7. The van der Waals surface area contributed by atoms with Crippen LogP contribution in [-0.2, 0) is 30.2 Å². The number of carbonyl (C=O) groups excluding carboxylic acids is 2. The van der Waals surface area contributed by atoms with Crippen molar-refractivity contribution in [1.29, 1.82) is 5.26 Å². The van der Waals surface area contributed by atoms with Gasteiger partial charge in [0.25, 0.3) is 0 Å². The van der Waals surface area contributed by atoms with Crippen molar-refractivity contribution >= 4 is 11.9 Å². The smallest absolute Gasteiger partial charge is 0.308 e. The van der Waals surface area contributed by atoms with Crippen molar-refractivity contribution in [2.75, 3.05) is 27.5 Å². The van der Waals surface area contributed by atoms with Gasteiger partial charge in [-0.1, -0.05) is 13.0 Å². The summed E-state index contributed by atoms with van der Waals surface area (Å²) in [4.78, 5) is 29.4. The highest BCUT2D eigenvalue weighted by Crippen LogP contribution is 2.54. The van der Waals surface area contributed by atoms with Gasteiger partial charge in [0.2, 0.25) is 12.7 Å². The van der Waals surface area contributed by atoms with E-state index in [9.17, 15) is 20.0 Å². The number of fused-ring (bicyclic) bond motifs is 6. The van der Waals surface area contributed by atoms with Gasteiger partial charge in [-0.15, -0.1) is 0 Å². The average Bonchev–Trinajstić information content (AvgIpc) is 3.50. The fraction of sp³-hybridized carbons (Fsp3) is 0.531. The van der Waals surface area contributed by atoms with E-state index in [4.69, 9.17) is 18.9 Å². The number of aromatic hydroxyl groups is 1. The van der Waals surface area contributed by atoms with Crippen LogP contribution in [0.1, 0.15) is 62.8 Å². The summed E-state index contributed by atoms with van der Waals surface area (Å²) in [5.74, 6) is 0.795. The van der Waals surface area contributed by atoms with Crippen molar-refractivity contribution in [2.45, 2.75) is 83.6 Å². The van der Waals surface area contributed by atoms with Crippen LogP contribution in [0.3, 0.4) is 0 Å². The predicted molar refractivity (Wildman–Crippen MR) is 156 cm³/mol. The molecule has 2 N–H and O–H groups in total. The molecule has 4 aliphatic heterocycles. The van der Waals surface area contributed by atoms with Gasteiger partial charge in [0.1, 0.15) is 18.1 Å². The summed E-state index contributed by atoms with van der Waals surface area (Å²) in [5, 5.41) is 25.4. The molecule has 11 nitrogen and oxygen atoms in total. The maximum Gasteiger partial charge on any atom is 0.308 e. The van der Waals surface area contributed by atoms with E-state index in [1.807, 2.05) is 27.0 Å². The van der Waals surface area contributed by atoms with E-state index in [0.717, 1.165) is 22.3 Å². The SMILES string of the molecule is C/C=C(\OC(C)=O)C1=C(C2=COCO2)[C@H](CNC(=O)CCC)N2C(C1)[C@H]1c3c(cc(C)c(OC)c3O)C[C@H]([C@@H]2C#N)N1C. The highest BCUT2D eigenvalue weighted by Gasteiger charge is 2.56. The highest BCUT2D eigenvalue weighted by molar-refractivity contribution is 5.76. The molecule has 1 unspecified atom stereocenters. The van der Waals surface area contributed by atoms with Crippen LogP contribution in [0.2, 0.25) is 0 Å². The van der Waals surface area contributed by atoms with Gasteiger partial charge in [0.05, 0.1) is 25.3 Å². The molecular formula is C32H40N4O7. The Bertz CT molecular complexity index is 1440. The summed E-state index contributed by atoms with van der Waals surface area (Å²) < 4.78 is 22.7. The molecule has 0 radical (unpaired) electrons. The number of esters is 1. The average molecular weight is 593 g/mol. The molecular weight excluding hydrogens is 552 g/mol. The lowest BCUT2D eigenvalue weighted by Crippen LogP contribution is -2.70. The number of allylic oxidation sites excluding steroid dienone is 2. The Labute approximate surface area is 252 Å². The summed E-state index contributed by atoms with van der Waals surface area (Å²) in [6.45, 7) is 7.22. The Kier molecular flexibility index (Phi) is 8.71. The van der Waals surface area contributed by atoms with Gasteiger partial charge in [-0.25, -0.2) is 0 Å². The number of carbonyl (C=O) groups is 2. The number of aryl methyl sites for hydroxylation is 1. The number of hydrogen-bond donors (Lipinski definition) is 2. The van der Waals surface area contributed by atoms with E-state index < -0.39 is 18.1 Å². The molecule has 1 saturated heterocycles. The fourth-order valence-corrected chi connectivity index (χ4v) is 7.34. The van der Waals surface area contributed by atoms with Gasteiger partial charge in [0.15, 0.2) is 17.3 Å². The van der Waals surface area contributed by atoms with Crippen molar-refractivity contribution in [1.82, 2.24) is 15.1 Å². The summed E-state index contributed by atoms with van der Waals surface area (Å²) in [6.07, 6.45) is 5.27. The Morgan fingerprint density at radius 3 is 2.67 bits per heavy atom. The number of amides is 1. The minimum atomic E-state index is -0.556. The van der Waals surface area contributed by atoms with Crippen LogP contribution in [0.5, 0.6) is 11.5 Å². The first kappa shape index (κ1) is 30.4. The number of nitrogens with zero attached hydrogens (tertiary/aromatic N) is 3. The Morgan fingerprint density at radius 2 is 2.07 bits per heavy atom. The van der Waals surface area contributed by atoms with Gasteiger partial charge in [-0.05, 0) is 57.4 Å². The van der Waals surface area contributed by atoms with E-state index >= 15 is 0 Å². The molecule has 1 amide bonds. The number of nitrogens with one attached hydrogen (secondary N) is 1. The largest absolute Gasteiger partial charge is 0.504 e. The molecule has 1 aromatic carbocycles. The van der Waals surface area contributed by atoms with Crippen molar-refractivity contribution in [2.24, 2.45) is 0 Å². The Balaban J connectivity index is 1.75. The minimum absolute atomic E-state index is 0.0270. The maximum atomic E-state index is 12.8. The number of benzene rings is 1. The van der Waals surface area contributed by atoms with E-state index in [0.29, 0.717) is 48.5 Å².